The van der Waals surface area contributed by atoms with E-state index in [-0.39, 0.29) is 0 Å². The molecule has 0 saturated carbocycles. The maximum absolute atomic E-state index is 6.20. The van der Waals surface area contributed by atoms with Crippen molar-refractivity contribution in [2.24, 2.45) is 0 Å². The number of hydrogen-bond acceptors (Lipinski definition) is 4. The van der Waals surface area contributed by atoms with Crippen LogP contribution in [0.4, 0.5) is 0 Å². The fourth-order valence-corrected chi connectivity index (χ4v) is 3.82. The smallest absolute Gasteiger partial charge is 0.137 e. The van der Waals surface area contributed by atoms with E-state index in [1.165, 1.54) is 23.4 Å². The van der Waals surface area contributed by atoms with Crippen LogP contribution in [0.2, 0.25) is 5.02 Å². The highest BCUT2D eigenvalue weighted by Crippen LogP contribution is 2.35. The fourth-order valence-electron chi connectivity index (χ4n) is 2.74. The first-order chi connectivity index (χ1) is 9.78. The molecule has 0 aliphatic carbocycles. The Morgan fingerprint density at radius 2 is 2.40 bits per heavy atom. The summed E-state index contributed by atoms with van der Waals surface area (Å²) in [6, 6.07) is 6.47. The van der Waals surface area contributed by atoms with Gasteiger partial charge < -0.3 is 4.74 Å². The standard InChI is InChI=1S/C15H17ClN2OS/c1-19-14-5-4-11(9-12(14)16)10-18-7-2-3-13(18)15-17-6-8-20-15/h4-6,8-9,13H,2-3,7,10H2,1H3. The maximum atomic E-state index is 6.20. The van der Waals surface area contributed by atoms with E-state index in [2.05, 4.69) is 21.3 Å². The highest BCUT2D eigenvalue weighted by molar-refractivity contribution is 7.09. The van der Waals surface area contributed by atoms with Gasteiger partial charge in [0.2, 0.25) is 0 Å². The van der Waals surface area contributed by atoms with Gasteiger partial charge >= 0.3 is 0 Å². The van der Waals surface area contributed by atoms with E-state index in [0.29, 0.717) is 11.1 Å². The van der Waals surface area contributed by atoms with Gasteiger partial charge in [-0.25, -0.2) is 4.98 Å². The lowest BCUT2D eigenvalue weighted by Gasteiger charge is -2.23. The van der Waals surface area contributed by atoms with Crippen LogP contribution in [0.3, 0.4) is 0 Å². The van der Waals surface area contributed by atoms with E-state index < -0.39 is 0 Å². The molecule has 5 heteroatoms. The van der Waals surface area contributed by atoms with E-state index in [4.69, 9.17) is 16.3 Å². The zero-order valence-electron chi connectivity index (χ0n) is 11.4. The molecule has 0 spiro atoms. The summed E-state index contributed by atoms with van der Waals surface area (Å²) in [6.45, 7) is 2.03. The molecule has 1 aromatic carbocycles. The van der Waals surface area contributed by atoms with Crippen molar-refractivity contribution < 1.29 is 4.74 Å². The number of ether oxygens (including phenoxy) is 1. The molecule has 0 N–H and O–H groups in total. The summed E-state index contributed by atoms with van der Waals surface area (Å²) < 4.78 is 5.20. The van der Waals surface area contributed by atoms with Gasteiger partial charge in [0.05, 0.1) is 18.2 Å². The number of methoxy groups -OCH3 is 1. The second-order valence-electron chi connectivity index (χ2n) is 4.97. The highest BCUT2D eigenvalue weighted by atomic mass is 35.5. The zero-order chi connectivity index (χ0) is 13.9. The van der Waals surface area contributed by atoms with Gasteiger partial charge in [-0.15, -0.1) is 11.3 Å². The van der Waals surface area contributed by atoms with Crippen LogP contribution in [0, 0.1) is 0 Å². The Labute approximate surface area is 128 Å². The summed E-state index contributed by atoms with van der Waals surface area (Å²) >= 11 is 7.94. The summed E-state index contributed by atoms with van der Waals surface area (Å²) in [6.07, 6.45) is 4.31. The molecule has 1 fully saturated rings. The number of nitrogens with zero attached hydrogens (tertiary/aromatic N) is 2. The van der Waals surface area contributed by atoms with Crippen LogP contribution in [-0.2, 0) is 6.54 Å². The third kappa shape index (κ3) is 2.82. The van der Waals surface area contributed by atoms with Gasteiger partial charge in [-0.3, -0.25) is 4.90 Å². The molecular weight excluding hydrogens is 292 g/mol. The summed E-state index contributed by atoms with van der Waals surface area (Å²) in [4.78, 5) is 6.95. The van der Waals surface area contributed by atoms with Crippen LogP contribution in [0.5, 0.6) is 5.75 Å². The number of halogens is 1. The molecule has 3 nitrogen and oxygen atoms in total. The molecule has 0 amide bonds. The Balaban J connectivity index is 1.75. The van der Waals surface area contributed by atoms with Crippen molar-refractivity contribution in [1.82, 2.24) is 9.88 Å². The van der Waals surface area contributed by atoms with Crippen molar-refractivity contribution in [2.45, 2.75) is 25.4 Å². The number of aromatic nitrogens is 1. The molecule has 2 aromatic rings. The Morgan fingerprint density at radius 1 is 1.50 bits per heavy atom. The second kappa shape index (κ2) is 6.12. The second-order valence-corrected chi connectivity index (χ2v) is 6.30. The molecule has 1 unspecified atom stereocenters. The lowest BCUT2D eigenvalue weighted by atomic mass is 10.2. The SMILES string of the molecule is COc1ccc(CN2CCCC2c2nccs2)cc1Cl. The van der Waals surface area contributed by atoms with Crippen LogP contribution in [0.15, 0.2) is 29.8 Å². The average Bonchev–Trinajstić information content (AvgIpc) is 3.09. The maximum Gasteiger partial charge on any atom is 0.137 e. The van der Waals surface area contributed by atoms with Crippen molar-refractivity contribution in [3.05, 3.63) is 45.4 Å². The van der Waals surface area contributed by atoms with E-state index in [1.807, 2.05) is 18.3 Å². The summed E-state index contributed by atoms with van der Waals surface area (Å²) in [5, 5.41) is 3.95. The van der Waals surface area contributed by atoms with E-state index in [9.17, 15) is 0 Å². The van der Waals surface area contributed by atoms with Gasteiger partial charge in [0.25, 0.3) is 0 Å². The number of rotatable bonds is 4. The molecule has 1 aliphatic rings. The third-order valence-corrected chi connectivity index (χ3v) is 4.87. The molecule has 106 valence electrons. The van der Waals surface area contributed by atoms with Gasteiger partial charge in [0.15, 0.2) is 0 Å². The molecule has 2 heterocycles. The number of benzene rings is 1. The highest BCUT2D eigenvalue weighted by Gasteiger charge is 2.27. The molecule has 1 saturated heterocycles. The van der Waals surface area contributed by atoms with Gasteiger partial charge in [0, 0.05) is 18.1 Å². The Morgan fingerprint density at radius 3 is 3.10 bits per heavy atom. The van der Waals surface area contributed by atoms with Crippen LogP contribution in [0.1, 0.15) is 29.5 Å². The minimum absolute atomic E-state index is 0.455. The molecule has 20 heavy (non-hydrogen) atoms. The van der Waals surface area contributed by atoms with Crippen molar-refractivity contribution in [3.8, 4) is 5.75 Å². The molecule has 0 bridgehead atoms. The van der Waals surface area contributed by atoms with Crippen LogP contribution < -0.4 is 4.74 Å². The lowest BCUT2D eigenvalue weighted by molar-refractivity contribution is 0.248. The average molecular weight is 309 g/mol. The molecule has 1 atom stereocenters. The molecular formula is C15H17ClN2OS. The van der Waals surface area contributed by atoms with E-state index in [1.54, 1.807) is 18.4 Å². The summed E-state index contributed by atoms with van der Waals surface area (Å²) in [7, 11) is 1.64. The zero-order valence-corrected chi connectivity index (χ0v) is 13.0. The monoisotopic (exact) mass is 308 g/mol. The van der Waals surface area contributed by atoms with Crippen molar-refractivity contribution in [3.63, 3.8) is 0 Å². The molecule has 0 radical (unpaired) electrons. The number of thiazole rings is 1. The molecule has 1 aromatic heterocycles. The van der Waals surface area contributed by atoms with E-state index in [0.717, 1.165) is 18.8 Å². The summed E-state index contributed by atoms with van der Waals surface area (Å²) in [5.41, 5.74) is 1.22. The fraction of sp³-hybridized carbons (Fsp3) is 0.400. The van der Waals surface area contributed by atoms with Gasteiger partial charge in [-0.2, -0.15) is 0 Å². The topological polar surface area (TPSA) is 25.4 Å². The van der Waals surface area contributed by atoms with Crippen molar-refractivity contribution in [1.29, 1.82) is 0 Å². The molecule has 3 rings (SSSR count). The lowest BCUT2D eigenvalue weighted by Crippen LogP contribution is -2.22. The van der Waals surface area contributed by atoms with Crippen molar-refractivity contribution in [2.75, 3.05) is 13.7 Å². The van der Waals surface area contributed by atoms with Crippen LogP contribution in [0.25, 0.3) is 0 Å². The predicted molar refractivity (Wildman–Crippen MR) is 82.5 cm³/mol. The van der Waals surface area contributed by atoms with Crippen LogP contribution in [-0.4, -0.2) is 23.5 Å². The van der Waals surface area contributed by atoms with Gasteiger partial charge in [-0.1, -0.05) is 17.7 Å². The number of hydrogen-bond donors (Lipinski definition) is 0. The Hall–Kier alpha value is -1.10. The van der Waals surface area contributed by atoms with Gasteiger partial charge in [-0.05, 0) is 37.1 Å². The molecule has 1 aliphatic heterocycles. The predicted octanol–water partition coefficient (Wildman–Crippen LogP) is 4.14. The first kappa shape index (κ1) is 13.9. The third-order valence-electron chi connectivity index (χ3n) is 3.70. The minimum atomic E-state index is 0.455. The Bertz CT molecular complexity index is 573. The van der Waals surface area contributed by atoms with E-state index >= 15 is 0 Å². The van der Waals surface area contributed by atoms with Crippen LogP contribution >= 0.6 is 22.9 Å². The van der Waals surface area contributed by atoms with Gasteiger partial charge in [0.1, 0.15) is 10.8 Å². The first-order valence-corrected chi connectivity index (χ1v) is 7.99. The quantitative estimate of drug-likeness (QED) is 0.848. The number of likely N-dealkylation sites (tertiary alicyclic amines) is 1. The Kier molecular flexibility index (Phi) is 4.24. The van der Waals surface area contributed by atoms with Crippen molar-refractivity contribution >= 4 is 22.9 Å². The summed E-state index contributed by atoms with van der Waals surface area (Å²) in [5.74, 6) is 0.730. The minimum Gasteiger partial charge on any atom is -0.495 e. The normalized spacial score (nSPS) is 19.4. The largest absolute Gasteiger partial charge is 0.495 e. The first-order valence-electron chi connectivity index (χ1n) is 6.74.